The molecule has 0 unspecified atom stereocenters. The Hall–Kier alpha value is -3.94. The van der Waals surface area contributed by atoms with Crippen LogP contribution in [0.15, 0.2) is 60.4 Å². The number of aryl methyl sites for hydroxylation is 1. The lowest BCUT2D eigenvalue weighted by Gasteiger charge is -2.16. The topological polar surface area (TPSA) is 145 Å². The Bertz CT molecular complexity index is 1550. The second-order valence-corrected chi connectivity index (χ2v) is 10.8. The summed E-state index contributed by atoms with van der Waals surface area (Å²) in [5.74, 6) is -0.465. The highest BCUT2D eigenvalue weighted by Gasteiger charge is 2.23. The number of anilines is 1. The Kier molecular flexibility index (Phi) is 7.76. The van der Waals surface area contributed by atoms with Gasteiger partial charge in [-0.1, -0.05) is 18.2 Å². The number of thiazole rings is 1. The van der Waals surface area contributed by atoms with Gasteiger partial charge in [0.1, 0.15) is 11.9 Å². The summed E-state index contributed by atoms with van der Waals surface area (Å²) in [6, 6.07) is 9.87. The van der Waals surface area contributed by atoms with Crippen LogP contribution < -0.4 is 10.6 Å². The fraction of sp³-hybridized carbons (Fsp3) is 0.208. The minimum Gasteiger partial charge on any atom is -0.382 e. The molecule has 3 aromatic heterocycles. The molecule has 0 aliphatic heterocycles. The first-order chi connectivity index (χ1) is 17.6. The first-order valence-corrected chi connectivity index (χ1v) is 13.7. The summed E-state index contributed by atoms with van der Waals surface area (Å²) >= 11 is 1.24. The predicted molar refractivity (Wildman–Crippen MR) is 140 cm³/mol. The molecule has 0 saturated heterocycles. The van der Waals surface area contributed by atoms with Gasteiger partial charge in [0, 0.05) is 42.2 Å². The largest absolute Gasteiger partial charge is 0.382 e. The highest BCUT2D eigenvalue weighted by Crippen LogP contribution is 2.28. The maximum Gasteiger partial charge on any atom is 0.253 e. The first-order valence-electron chi connectivity index (χ1n) is 11.0. The van der Waals surface area contributed by atoms with E-state index in [0.717, 1.165) is 27.0 Å². The molecule has 0 fully saturated rings. The van der Waals surface area contributed by atoms with Crippen LogP contribution in [-0.2, 0) is 19.6 Å². The molecule has 0 spiro atoms. The molecule has 2 N–H and O–H groups in total. The van der Waals surface area contributed by atoms with Crippen molar-refractivity contribution < 1.29 is 22.7 Å². The van der Waals surface area contributed by atoms with Gasteiger partial charge in [0.2, 0.25) is 10.0 Å². The lowest BCUT2D eigenvalue weighted by molar-refractivity contribution is -0.119. The standard InChI is InChI=1S/C24H24N6O5S2/c1-15-25-9-7-19(26-15)16-5-4-6-17(11-16)21-14-36-24(28-21)29-23(32)20(13-35-2)27-22(31)18-8-10-30(12-18)37(3,33)34/h4-12,14,20H,13H2,1-3H3,(H,27,31)(H,28,29,32)/t20-/m0/s1. The van der Waals surface area contributed by atoms with Crippen LogP contribution in [-0.4, -0.2) is 65.2 Å². The van der Waals surface area contributed by atoms with Crippen LogP contribution in [0.2, 0.25) is 0 Å². The predicted octanol–water partition coefficient (Wildman–Crippen LogP) is 2.57. The molecule has 4 aromatic rings. The molecular weight excluding hydrogens is 516 g/mol. The van der Waals surface area contributed by atoms with E-state index in [0.29, 0.717) is 16.6 Å². The molecule has 0 radical (unpaired) electrons. The average molecular weight is 541 g/mol. The summed E-state index contributed by atoms with van der Waals surface area (Å²) < 4.78 is 29.3. The minimum absolute atomic E-state index is 0.0922. The summed E-state index contributed by atoms with van der Waals surface area (Å²) in [6.07, 6.45) is 5.16. The van der Waals surface area contributed by atoms with Crippen LogP contribution in [0.1, 0.15) is 16.2 Å². The van der Waals surface area contributed by atoms with Crippen LogP contribution in [0.25, 0.3) is 22.5 Å². The van der Waals surface area contributed by atoms with E-state index in [2.05, 4.69) is 25.6 Å². The number of amides is 2. The van der Waals surface area contributed by atoms with Crippen molar-refractivity contribution in [3.05, 3.63) is 71.8 Å². The molecule has 1 aromatic carbocycles. The van der Waals surface area contributed by atoms with Gasteiger partial charge in [0.15, 0.2) is 5.13 Å². The lowest BCUT2D eigenvalue weighted by atomic mass is 10.1. The van der Waals surface area contributed by atoms with E-state index in [-0.39, 0.29) is 12.2 Å². The van der Waals surface area contributed by atoms with Crippen molar-refractivity contribution in [1.29, 1.82) is 0 Å². The van der Waals surface area contributed by atoms with Crippen molar-refractivity contribution in [3.8, 4) is 22.5 Å². The maximum atomic E-state index is 12.9. The van der Waals surface area contributed by atoms with Crippen molar-refractivity contribution in [2.45, 2.75) is 13.0 Å². The number of nitrogens with zero attached hydrogens (tertiary/aromatic N) is 4. The van der Waals surface area contributed by atoms with Gasteiger partial charge in [-0.05, 0) is 25.1 Å². The second-order valence-electron chi connectivity index (χ2n) is 8.07. The SMILES string of the molecule is COC[C@H](NC(=O)c1ccn(S(C)(=O)=O)c1)C(=O)Nc1nc(-c2cccc(-c3ccnc(C)n3)c2)cs1. The quantitative estimate of drug-likeness (QED) is 0.330. The Labute approximate surface area is 217 Å². The molecule has 0 bridgehead atoms. The molecule has 3 heterocycles. The van der Waals surface area contributed by atoms with Crippen molar-refractivity contribution in [3.63, 3.8) is 0 Å². The fourth-order valence-electron chi connectivity index (χ4n) is 3.42. The Morgan fingerprint density at radius 1 is 1.14 bits per heavy atom. The number of carbonyl (C=O) groups excluding carboxylic acids is 2. The van der Waals surface area contributed by atoms with Gasteiger partial charge in [-0.3, -0.25) is 13.6 Å². The zero-order valence-corrected chi connectivity index (χ0v) is 21.8. The van der Waals surface area contributed by atoms with Gasteiger partial charge >= 0.3 is 0 Å². The highest BCUT2D eigenvalue weighted by molar-refractivity contribution is 7.89. The van der Waals surface area contributed by atoms with E-state index in [4.69, 9.17) is 4.74 Å². The van der Waals surface area contributed by atoms with Gasteiger partial charge in [0.25, 0.3) is 11.8 Å². The number of aromatic nitrogens is 4. The van der Waals surface area contributed by atoms with E-state index in [1.165, 1.54) is 36.9 Å². The molecule has 4 rings (SSSR count). The van der Waals surface area contributed by atoms with Gasteiger partial charge in [-0.15, -0.1) is 11.3 Å². The smallest absolute Gasteiger partial charge is 0.253 e. The molecule has 2 amide bonds. The van der Waals surface area contributed by atoms with Gasteiger partial charge in [-0.2, -0.15) is 0 Å². The minimum atomic E-state index is -3.53. The van der Waals surface area contributed by atoms with Crippen molar-refractivity contribution >= 4 is 38.3 Å². The number of ether oxygens (including phenoxy) is 1. The van der Waals surface area contributed by atoms with Gasteiger partial charge in [0.05, 0.1) is 29.8 Å². The summed E-state index contributed by atoms with van der Waals surface area (Å²) in [6.45, 7) is 1.73. The average Bonchev–Trinajstić information content (AvgIpc) is 3.54. The fourth-order valence-corrected chi connectivity index (χ4v) is 4.73. The number of hydrogen-bond acceptors (Lipinski definition) is 9. The Morgan fingerprint density at radius 2 is 1.89 bits per heavy atom. The van der Waals surface area contributed by atoms with E-state index in [1.54, 1.807) is 6.20 Å². The summed E-state index contributed by atoms with van der Waals surface area (Å²) in [7, 11) is -2.13. The molecule has 192 valence electrons. The lowest BCUT2D eigenvalue weighted by Crippen LogP contribution is -2.46. The molecule has 13 heteroatoms. The Morgan fingerprint density at radius 3 is 2.57 bits per heavy atom. The number of methoxy groups -OCH3 is 1. The molecule has 0 saturated carbocycles. The third-order valence-electron chi connectivity index (χ3n) is 5.23. The highest BCUT2D eigenvalue weighted by atomic mass is 32.2. The van der Waals surface area contributed by atoms with Crippen LogP contribution in [0.5, 0.6) is 0 Å². The molecular formula is C24H24N6O5S2. The molecule has 0 aliphatic carbocycles. The van der Waals surface area contributed by atoms with Gasteiger partial charge in [-0.25, -0.2) is 23.4 Å². The summed E-state index contributed by atoms with van der Waals surface area (Å²) in [4.78, 5) is 38.6. The number of rotatable bonds is 9. The van der Waals surface area contributed by atoms with Crippen LogP contribution in [0, 0.1) is 6.92 Å². The van der Waals surface area contributed by atoms with E-state index in [9.17, 15) is 18.0 Å². The summed E-state index contributed by atoms with van der Waals surface area (Å²) in [5.41, 5.74) is 3.32. The number of carbonyl (C=O) groups is 2. The molecule has 0 aliphatic rings. The third-order valence-corrected chi connectivity index (χ3v) is 6.98. The van der Waals surface area contributed by atoms with E-state index in [1.807, 2.05) is 42.6 Å². The zero-order chi connectivity index (χ0) is 26.6. The molecule has 1 atom stereocenters. The van der Waals surface area contributed by atoms with Crippen LogP contribution >= 0.6 is 11.3 Å². The van der Waals surface area contributed by atoms with Crippen LogP contribution in [0.4, 0.5) is 5.13 Å². The molecule has 11 nitrogen and oxygen atoms in total. The first kappa shape index (κ1) is 26.1. The van der Waals surface area contributed by atoms with Crippen molar-refractivity contribution in [1.82, 2.24) is 24.2 Å². The van der Waals surface area contributed by atoms with Gasteiger partial charge < -0.3 is 15.4 Å². The number of benzene rings is 1. The van der Waals surface area contributed by atoms with E-state index < -0.39 is 27.9 Å². The third kappa shape index (κ3) is 6.44. The van der Waals surface area contributed by atoms with E-state index >= 15 is 0 Å². The monoisotopic (exact) mass is 540 g/mol. The van der Waals surface area contributed by atoms with Crippen LogP contribution in [0.3, 0.4) is 0 Å². The second kappa shape index (κ2) is 11.0. The molecule has 37 heavy (non-hydrogen) atoms. The van der Waals surface area contributed by atoms with Crippen molar-refractivity contribution in [2.24, 2.45) is 0 Å². The Balaban J connectivity index is 1.46. The maximum absolute atomic E-state index is 12.9. The normalized spacial score (nSPS) is 12.2. The number of nitrogens with one attached hydrogen (secondary N) is 2. The van der Waals surface area contributed by atoms with Crippen molar-refractivity contribution in [2.75, 3.05) is 25.3 Å². The summed E-state index contributed by atoms with van der Waals surface area (Å²) in [5, 5.41) is 7.44. The number of hydrogen-bond donors (Lipinski definition) is 2. The zero-order valence-electron chi connectivity index (χ0n) is 20.2.